The molecule has 0 radical (unpaired) electrons. The van der Waals surface area contributed by atoms with E-state index in [1.807, 2.05) is 0 Å². The van der Waals surface area contributed by atoms with Crippen LogP contribution in [0.3, 0.4) is 0 Å². The third-order valence-corrected chi connectivity index (χ3v) is 4.33. The van der Waals surface area contributed by atoms with Gasteiger partial charge in [-0.15, -0.1) is 0 Å². The normalized spacial score (nSPS) is 12.2. The van der Waals surface area contributed by atoms with Gasteiger partial charge in [-0.3, -0.25) is 4.90 Å². The molecule has 0 saturated heterocycles. The molecule has 0 bridgehead atoms. The van der Waals surface area contributed by atoms with Crippen molar-refractivity contribution in [1.29, 1.82) is 0 Å². The number of benzene rings is 1. The first kappa shape index (κ1) is 16.6. The van der Waals surface area contributed by atoms with E-state index < -0.39 is 0 Å². The monoisotopic (exact) mass is 329 g/mol. The highest BCUT2D eigenvalue weighted by molar-refractivity contribution is 6.07. The average molecular weight is 329 g/mol. The molecule has 0 fully saturated rings. The molecule has 2 heterocycles. The van der Waals surface area contributed by atoms with Crippen molar-refractivity contribution in [2.75, 3.05) is 18.4 Å². The van der Waals surface area contributed by atoms with Gasteiger partial charge in [-0.05, 0) is 45.9 Å². The van der Waals surface area contributed by atoms with Crippen molar-refractivity contribution in [3.8, 4) is 0 Å². The molecule has 0 aliphatic carbocycles. The largest absolute Gasteiger partial charge is 0.367 e. The van der Waals surface area contributed by atoms with Crippen molar-refractivity contribution in [3.63, 3.8) is 0 Å². The first-order valence-corrected chi connectivity index (χ1v) is 8.39. The van der Waals surface area contributed by atoms with E-state index >= 15 is 0 Å². The molecule has 0 aliphatic heterocycles. The summed E-state index contributed by atoms with van der Waals surface area (Å²) in [5.41, 5.74) is 2.42. The van der Waals surface area contributed by atoms with Gasteiger partial charge < -0.3 is 10.3 Å². The molecule has 2 aromatic heterocycles. The van der Waals surface area contributed by atoms with E-state index in [9.17, 15) is 4.39 Å². The summed E-state index contributed by atoms with van der Waals surface area (Å²) < 4.78 is 13.5. The first-order chi connectivity index (χ1) is 11.5. The molecule has 3 aromatic rings. The summed E-state index contributed by atoms with van der Waals surface area (Å²) in [4.78, 5) is 14.4. The van der Waals surface area contributed by atoms with E-state index in [1.54, 1.807) is 6.07 Å². The molecule has 0 aliphatic rings. The zero-order valence-electron chi connectivity index (χ0n) is 14.6. The molecule has 0 atom stereocenters. The minimum absolute atomic E-state index is 0.263. The molecule has 24 heavy (non-hydrogen) atoms. The van der Waals surface area contributed by atoms with Crippen molar-refractivity contribution in [3.05, 3.63) is 30.3 Å². The lowest BCUT2D eigenvalue weighted by Crippen LogP contribution is -2.40. The third-order valence-electron chi connectivity index (χ3n) is 4.33. The molecule has 1 aromatic carbocycles. The standard InChI is InChI=1S/C18H24FN5/c1-11(2)24(12(3)4)8-7-20-18-17-16(21-10-22-18)14-9-13(19)5-6-15(14)23-17/h5-6,9-12,23H,7-8H2,1-4H3,(H,20,21,22). The van der Waals surface area contributed by atoms with Gasteiger partial charge >= 0.3 is 0 Å². The van der Waals surface area contributed by atoms with Crippen LogP contribution in [0.1, 0.15) is 27.7 Å². The van der Waals surface area contributed by atoms with Crippen LogP contribution in [0.2, 0.25) is 0 Å². The zero-order chi connectivity index (χ0) is 17.3. The molecule has 3 rings (SSSR count). The van der Waals surface area contributed by atoms with Crippen LogP contribution in [-0.2, 0) is 0 Å². The fourth-order valence-corrected chi connectivity index (χ4v) is 3.21. The minimum Gasteiger partial charge on any atom is -0.367 e. The van der Waals surface area contributed by atoms with Crippen LogP contribution in [-0.4, -0.2) is 45.0 Å². The maximum atomic E-state index is 13.5. The highest BCUT2D eigenvalue weighted by atomic mass is 19.1. The van der Waals surface area contributed by atoms with Crippen LogP contribution in [0.15, 0.2) is 24.5 Å². The van der Waals surface area contributed by atoms with Crippen molar-refractivity contribution in [2.24, 2.45) is 0 Å². The summed E-state index contributed by atoms with van der Waals surface area (Å²) in [6, 6.07) is 5.67. The topological polar surface area (TPSA) is 56.8 Å². The number of aromatic amines is 1. The van der Waals surface area contributed by atoms with Crippen LogP contribution >= 0.6 is 0 Å². The van der Waals surface area contributed by atoms with E-state index in [-0.39, 0.29) is 5.82 Å². The van der Waals surface area contributed by atoms with Gasteiger partial charge in [-0.2, -0.15) is 0 Å². The smallest absolute Gasteiger partial charge is 0.153 e. The second-order valence-electron chi connectivity index (χ2n) is 6.61. The summed E-state index contributed by atoms with van der Waals surface area (Å²) in [6.45, 7) is 10.5. The molecular formula is C18H24FN5. The van der Waals surface area contributed by atoms with Crippen molar-refractivity contribution < 1.29 is 4.39 Å². The quantitative estimate of drug-likeness (QED) is 0.722. The fourth-order valence-electron chi connectivity index (χ4n) is 3.21. The number of hydrogen-bond donors (Lipinski definition) is 2. The number of nitrogens with zero attached hydrogens (tertiary/aromatic N) is 3. The number of nitrogens with one attached hydrogen (secondary N) is 2. The number of H-pyrrole nitrogens is 1. The lowest BCUT2D eigenvalue weighted by molar-refractivity contribution is 0.182. The number of halogens is 1. The van der Waals surface area contributed by atoms with Crippen LogP contribution in [0.25, 0.3) is 21.9 Å². The van der Waals surface area contributed by atoms with Crippen LogP contribution < -0.4 is 5.32 Å². The van der Waals surface area contributed by atoms with Crippen LogP contribution in [0.4, 0.5) is 10.2 Å². The average Bonchev–Trinajstić information content (AvgIpc) is 2.89. The Morgan fingerprint density at radius 1 is 1.17 bits per heavy atom. The van der Waals surface area contributed by atoms with E-state index in [0.717, 1.165) is 40.8 Å². The van der Waals surface area contributed by atoms with Crippen molar-refractivity contribution in [2.45, 2.75) is 39.8 Å². The third kappa shape index (κ3) is 3.19. The van der Waals surface area contributed by atoms with Crippen molar-refractivity contribution >= 4 is 27.8 Å². The summed E-state index contributed by atoms with van der Waals surface area (Å²) in [7, 11) is 0. The number of aromatic nitrogens is 3. The summed E-state index contributed by atoms with van der Waals surface area (Å²) >= 11 is 0. The Hall–Kier alpha value is -2.21. The minimum atomic E-state index is -0.263. The Bertz CT molecular complexity index is 832. The molecule has 128 valence electrons. The molecule has 0 amide bonds. The highest BCUT2D eigenvalue weighted by Gasteiger charge is 2.14. The van der Waals surface area contributed by atoms with E-state index in [2.05, 4.69) is 52.9 Å². The second kappa shape index (κ2) is 6.73. The van der Waals surface area contributed by atoms with E-state index in [1.165, 1.54) is 18.5 Å². The van der Waals surface area contributed by atoms with Gasteiger partial charge in [0.25, 0.3) is 0 Å². The highest BCUT2D eigenvalue weighted by Crippen LogP contribution is 2.27. The molecule has 2 N–H and O–H groups in total. The van der Waals surface area contributed by atoms with E-state index in [0.29, 0.717) is 12.1 Å². The Balaban J connectivity index is 1.84. The molecule has 5 nitrogen and oxygen atoms in total. The van der Waals surface area contributed by atoms with Gasteiger partial charge in [-0.1, -0.05) is 0 Å². The van der Waals surface area contributed by atoms with Gasteiger partial charge in [0.2, 0.25) is 0 Å². The lowest BCUT2D eigenvalue weighted by Gasteiger charge is -2.30. The Morgan fingerprint density at radius 2 is 1.92 bits per heavy atom. The SMILES string of the molecule is CC(C)N(CCNc1ncnc2c1[nH]c1ccc(F)cc12)C(C)C. The summed E-state index contributed by atoms with van der Waals surface area (Å²) in [5.74, 6) is 0.491. The fraction of sp³-hybridized carbons (Fsp3) is 0.444. The van der Waals surface area contributed by atoms with Gasteiger partial charge in [0, 0.05) is 36.1 Å². The van der Waals surface area contributed by atoms with Gasteiger partial charge in [0.1, 0.15) is 23.2 Å². The van der Waals surface area contributed by atoms with Gasteiger partial charge in [0.15, 0.2) is 5.82 Å². The van der Waals surface area contributed by atoms with Crippen LogP contribution in [0, 0.1) is 5.82 Å². The van der Waals surface area contributed by atoms with Gasteiger partial charge in [-0.25, -0.2) is 14.4 Å². The Morgan fingerprint density at radius 3 is 2.62 bits per heavy atom. The zero-order valence-corrected chi connectivity index (χ0v) is 14.6. The molecule has 0 spiro atoms. The Labute approximate surface area is 141 Å². The summed E-state index contributed by atoms with van der Waals surface area (Å²) in [6.07, 6.45) is 1.52. The molecular weight excluding hydrogens is 305 g/mol. The van der Waals surface area contributed by atoms with Gasteiger partial charge in [0.05, 0.1) is 0 Å². The second-order valence-corrected chi connectivity index (χ2v) is 6.61. The maximum Gasteiger partial charge on any atom is 0.153 e. The predicted octanol–water partition coefficient (Wildman–Crippen LogP) is 3.78. The molecule has 0 saturated carbocycles. The van der Waals surface area contributed by atoms with Crippen LogP contribution in [0.5, 0.6) is 0 Å². The molecule has 6 heteroatoms. The number of fused-ring (bicyclic) bond motifs is 3. The van der Waals surface area contributed by atoms with Crippen molar-refractivity contribution in [1.82, 2.24) is 19.9 Å². The number of rotatable bonds is 6. The predicted molar refractivity (Wildman–Crippen MR) is 96.8 cm³/mol. The maximum absolute atomic E-state index is 13.5. The Kier molecular flexibility index (Phi) is 4.66. The summed E-state index contributed by atoms with van der Waals surface area (Å²) in [5, 5.41) is 4.16. The number of hydrogen-bond acceptors (Lipinski definition) is 4. The number of anilines is 1. The first-order valence-electron chi connectivity index (χ1n) is 8.39. The van der Waals surface area contributed by atoms with E-state index in [4.69, 9.17) is 0 Å². The molecule has 0 unspecified atom stereocenters. The lowest BCUT2D eigenvalue weighted by atomic mass is 10.2.